The molecule has 0 bridgehead atoms. The molecule has 0 unspecified atom stereocenters. The molecule has 3 nitrogen and oxygen atoms in total. The zero-order chi connectivity index (χ0) is 21.0. The molecule has 0 aromatic heterocycles. The number of hydrogen-bond donors (Lipinski definition) is 0. The maximum absolute atomic E-state index is 14.5. The van der Waals surface area contributed by atoms with Gasteiger partial charge in [0.05, 0.1) is 5.56 Å². The van der Waals surface area contributed by atoms with E-state index in [-0.39, 0.29) is 23.1 Å². The van der Waals surface area contributed by atoms with Crippen molar-refractivity contribution in [2.24, 2.45) is 0 Å². The van der Waals surface area contributed by atoms with Crippen molar-refractivity contribution in [3.05, 3.63) is 78.6 Å². The van der Waals surface area contributed by atoms with Crippen molar-refractivity contribution in [1.82, 2.24) is 0 Å². The van der Waals surface area contributed by atoms with E-state index in [1.807, 2.05) is 0 Å². The zero-order valence-electron chi connectivity index (χ0n) is 14.9. The standard InChI is InChI=1S/C21H15F5O3/c1-2-11-27-15-6-4-14(5-7-15)21(25,26)29-16-8-9-17-13(12-16)3-10-18(19(17)22)28-20(23)24/h2-10,12,20H,1,11H2. The van der Waals surface area contributed by atoms with Crippen LogP contribution in [0.4, 0.5) is 22.0 Å². The Balaban J connectivity index is 1.82. The maximum Gasteiger partial charge on any atom is 0.426 e. The summed E-state index contributed by atoms with van der Waals surface area (Å²) in [6.07, 6.45) is -2.14. The second kappa shape index (κ2) is 8.38. The van der Waals surface area contributed by atoms with Gasteiger partial charge >= 0.3 is 12.7 Å². The second-order valence-corrected chi connectivity index (χ2v) is 5.88. The highest BCUT2D eigenvalue weighted by molar-refractivity contribution is 5.86. The van der Waals surface area contributed by atoms with E-state index >= 15 is 0 Å². The van der Waals surface area contributed by atoms with E-state index in [9.17, 15) is 22.0 Å². The van der Waals surface area contributed by atoms with Gasteiger partial charge in [0.25, 0.3) is 0 Å². The molecule has 0 radical (unpaired) electrons. The summed E-state index contributed by atoms with van der Waals surface area (Å²) in [4.78, 5) is 0. The first kappa shape index (κ1) is 20.4. The number of alkyl halides is 4. The van der Waals surface area contributed by atoms with Crippen molar-refractivity contribution >= 4 is 10.8 Å². The molecular formula is C21H15F5O3. The summed E-state index contributed by atoms with van der Waals surface area (Å²) in [6.45, 7) is 0.551. The number of ether oxygens (including phenoxy) is 3. The molecule has 152 valence electrons. The molecule has 0 heterocycles. The first-order chi connectivity index (χ1) is 13.8. The lowest BCUT2D eigenvalue weighted by Gasteiger charge is -2.19. The van der Waals surface area contributed by atoms with Crippen LogP contribution >= 0.6 is 0 Å². The van der Waals surface area contributed by atoms with Gasteiger partial charge in [-0.25, -0.2) is 4.39 Å². The van der Waals surface area contributed by atoms with Crippen LogP contribution in [-0.4, -0.2) is 13.2 Å². The third-order valence-electron chi connectivity index (χ3n) is 3.91. The largest absolute Gasteiger partial charge is 0.490 e. The van der Waals surface area contributed by atoms with Gasteiger partial charge < -0.3 is 14.2 Å². The Bertz CT molecular complexity index is 1000. The fraction of sp³-hybridized carbons (Fsp3) is 0.143. The molecule has 0 atom stereocenters. The third kappa shape index (κ3) is 4.77. The minimum atomic E-state index is -3.66. The Morgan fingerprint density at radius 1 is 0.966 bits per heavy atom. The molecule has 0 saturated carbocycles. The minimum absolute atomic E-state index is 0.0671. The second-order valence-electron chi connectivity index (χ2n) is 5.88. The van der Waals surface area contributed by atoms with Gasteiger partial charge in [-0.2, -0.15) is 17.6 Å². The lowest BCUT2D eigenvalue weighted by Crippen LogP contribution is -2.21. The number of fused-ring (bicyclic) bond motifs is 1. The molecule has 3 aromatic carbocycles. The van der Waals surface area contributed by atoms with Crippen LogP contribution < -0.4 is 14.2 Å². The quantitative estimate of drug-likeness (QED) is 0.323. The third-order valence-corrected chi connectivity index (χ3v) is 3.91. The summed E-state index contributed by atoms with van der Waals surface area (Å²) in [6, 6.07) is 10.8. The van der Waals surface area contributed by atoms with Gasteiger partial charge in [0, 0.05) is 5.39 Å². The van der Waals surface area contributed by atoms with Crippen molar-refractivity contribution in [1.29, 1.82) is 0 Å². The van der Waals surface area contributed by atoms with Gasteiger partial charge in [-0.05, 0) is 53.9 Å². The smallest absolute Gasteiger partial charge is 0.426 e. The van der Waals surface area contributed by atoms with Gasteiger partial charge in [-0.1, -0.05) is 18.7 Å². The Morgan fingerprint density at radius 3 is 2.31 bits per heavy atom. The topological polar surface area (TPSA) is 27.7 Å². The molecule has 0 saturated heterocycles. The molecular weight excluding hydrogens is 395 g/mol. The van der Waals surface area contributed by atoms with Crippen molar-refractivity contribution in [3.63, 3.8) is 0 Å². The van der Waals surface area contributed by atoms with Crippen LogP contribution in [0.25, 0.3) is 10.8 Å². The molecule has 3 aromatic rings. The fourth-order valence-electron chi connectivity index (χ4n) is 2.61. The van der Waals surface area contributed by atoms with Gasteiger partial charge in [-0.3, -0.25) is 0 Å². The number of benzene rings is 3. The van der Waals surface area contributed by atoms with E-state index in [1.165, 1.54) is 30.3 Å². The number of halogens is 5. The summed E-state index contributed by atoms with van der Waals surface area (Å²) in [5, 5.41) is 0.119. The Morgan fingerprint density at radius 2 is 1.66 bits per heavy atom. The first-order valence-corrected chi connectivity index (χ1v) is 8.38. The molecule has 0 spiro atoms. The van der Waals surface area contributed by atoms with Crippen molar-refractivity contribution in [2.75, 3.05) is 6.61 Å². The Hall–Kier alpha value is -3.29. The first-order valence-electron chi connectivity index (χ1n) is 8.38. The average Bonchev–Trinajstić information content (AvgIpc) is 2.68. The van der Waals surface area contributed by atoms with Crippen molar-refractivity contribution in [3.8, 4) is 17.2 Å². The van der Waals surface area contributed by atoms with Gasteiger partial charge in [0.15, 0.2) is 11.6 Å². The average molecular weight is 410 g/mol. The molecule has 0 amide bonds. The highest BCUT2D eigenvalue weighted by Crippen LogP contribution is 2.35. The van der Waals surface area contributed by atoms with Crippen molar-refractivity contribution in [2.45, 2.75) is 12.7 Å². The number of rotatable bonds is 8. The Kier molecular flexibility index (Phi) is 5.91. The highest BCUT2D eigenvalue weighted by Gasteiger charge is 2.34. The summed E-state index contributed by atoms with van der Waals surface area (Å²) in [5.41, 5.74) is -0.407. The monoisotopic (exact) mass is 410 g/mol. The SMILES string of the molecule is C=CCOc1ccc(C(F)(F)Oc2ccc3c(F)c(OC(F)F)ccc3c2)cc1. The molecule has 29 heavy (non-hydrogen) atoms. The predicted molar refractivity (Wildman–Crippen MR) is 97.2 cm³/mol. The van der Waals surface area contributed by atoms with E-state index < -0.39 is 29.9 Å². The lowest BCUT2D eigenvalue weighted by molar-refractivity contribution is -0.185. The summed E-state index contributed by atoms with van der Waals surface area (Å²) < 4.78 is 81.8. The van der Waals surface area contributed by atoms with Crippen LogP contribution in [0.15, 0.2) is 67.3 Å². The van der Waals surface area contributed by atoms with Crippen LogP contribution in [0, 0.1) is 5.82 Å². The summed E-state index contributed by atoms with van der Waals surface area (Å²) in [7, 11) is 0. The van der Waals surface area contributed by atoms with E-state index in [0.717, 1.165) is 30.3 Å². The lowest BCUT2D eigenvalue weighted by atomic mass is 10.1. The van der Waals surface area contributed by atoms with Crippen molar-refractivity contribution < 1.29 is 36.2 Å². The summed E-state index contributed by atoms with van der Waals surface area (Å²) >= 11 is 0. The number of hydrogen-bond acceptors (Lipinski definition) is 3. The summed E-state index contributed by atoms with van der Waals surface area (Å²) in [5.74, 6) is -1.48. The minimum Gasteiger partial charge on any atom is -0.490 e. The van der Waals surface area contributed by atoms with Gasteiger partial charge in [0.2, 0.25) is 0 Å². The van der Waals surface area contributed by atoms with Gasteiger partial charge in [0.1, 0.15) is 18.1 Å². The normalized spacial score (nSPS) is 11.5. The molecule has 0 N–H and O–H groups in total. The van der Waals surface area contributed by atoms with E-state index in [1.54, 1.807) is 0 Å². The Labute approximate surface area is 162 Å². The molecule has 0 aliphatic heterocycles. The van der Waals surface area contributed by atoms with Crippen LogP contribution in [0.3, 0.4) is 0 Å². The molecule has 8 heteroatoms. The molecule has 0 aliphatic rings. The van der Waals surface area contributed by atoms with Gasteiger partial charge in [-0.15, -0.1) is 0 Å². The van der Waals surface area contributed by atoms with Crippen LogP contribution in [0.2, 0.25) is 0 Å². The zero-order valence-corrected chi connectivity index (χ0v) is 14.9. The highest BCUT2D eigenvalue weighted by atomic mass is 19.3. The fourth-order valence-corrected chi connectivity index (χ4v) is 2.61. The molecule has 3 rings (SSSR count). The predicted octanol–water partition coefficient (Wildman–Crippen LogP) is 6.27. The van der Waals surface area contributed by atoms with Crippen LogP contribution in [0.1, 0.15) is 5.56 Å². The maximum atomic E-state index is 14.5. The molecule has 0 fully saturated rings. The molecule has 0 aliphatic carbocycles. The van der Waals surface area contributed by atoms with E-state index in [0.29, 0.717) is 5.75 Å². The van der Waals surface area contributed by atoms with Crippen LogP contribution in [0.5, 0.6) is 17.2 Å². The van der Waals surface area contributed by atoms with E-state index in [4.69, 9.17) is 9.47 Å². The van der Waals surface area contributed by atoms with Crippen LogP contribution in [-0.2, 0) is 6.11 Å². The van der Waals surface area contributed by atoms with E-state index in [2.05, 4.69) is 11.3 Å².